The number of aromatic nitrogens is 1. The molecule has 0 unspecified atom stereocenters. The number of carbonyl (C=O) groups is 1. The normalized spacial score (nSPS) is 10.3. The molecule has 0 radical (unpaired) electrons. The van der Waals surface area contributed by atoms with Crippen LogP contribution < -0.4 is 14.8 Å². The van der Waals surface area contributed by atoms with Gasteiger partial charge in [0.2, 0.25) is 5.88 Å². The van der Waals surface area contributed by atoms with Crippen molar-refractivity contribution in [1.29, 1.82) is 0 Å². The second-order valence-electron chi connectivity index (χ2n) is 5.54. The van der Waals surface area contributed by atoms with Crippen molar-refractivity contribution in [1.82, 2.24) is 10.3 Å². The van der Waals surface area contributed by atoms with Gasteiger partial charge in [0, 0.05) is 12.7 Å². The zero-order valence-corrected chi connectivity index (χ0v) is 15.2. The molecule has 0 aliphatic heterocycles. The van der Waals surface area contributed by atoms with Crippen molar-refractivity contribution < 1.29 is 18.7 Å². The first-order chi connectivity index (χ1) is 13.1. The third-order valence-corrected chi connectivity index (χ3v) is 4.03. The van der Waals surface area contributed by atoms with Crippen molar-refractivity contribution in [3.63, 3.8) is 0 Å². The van der Waals surface area contributed by atoms with Gasteiger partial charge in [0.25, 0.3) is 5.91 Å². The molecule has 1 amide bonds. The minimum absolute atomic E-state index is 0.0899. The summed E-state index contributed by atoms with van der Waals surface area (Å²) in [5, 5.41) is 2.90. The molecule has 5 nitrogen and oxygen atoms in total. The molecule has 0 atom stereocenters. The van der Waals surface area contributed by atoms with Crippen LogP contribution in [-0.4, -0.2) is 18.0 Å². The number of nitrogens with one attached hydrogen (secondary N) is 1. The fraction of sp³-hybridized carbons (Fsp3) is 0.100. The van der Waals surface area contributed by atoms with E-state index in [1.807, 2.05) is 6.07 Å². The summed E-state index contributed by atoms with van der Waals surface area (Å²) in [5.74, 6) is -0.225. The molecule has 0 saturated heterocycles. The van der Waals surface area contributed by atoms with Crippen LogP contribution >= 0.6 is 11.6 Å². The lowest BCUT2D eigenvalue weighted by Gasteiger charge is -2.12. The Kier molecular flexibility index (Phi) is 5.88. The van der Waals surface area contributed by atoms with Crippen molar-refractivity contribution in [2.45, 2.75) is 6.54 Å². The number of methoxy groups -OCH3 is 1. The quantitative estimate of drug-likeness (QED) is 0.672. The summed E-state index contributed by atoms with van der Waals surface area (Å²) >= 11 is 6.18. The first kappa shape index (κ1) is 18.7. The van der Waals surface area contributed by atoms with E-state index in [1.54, 1.807) is 30.3 Å². The number of pyridine rings is 1. The van der Waals surface area contributed by atoms with Gasteiger partial charge in [-0.2, -0.15) is 0 Å². The van der Waals surface area contributed by atoms with Crippen molar-refractivity contribution in [2.75, 3.05) is 7.11 Å². The Bertz CT molecular complexity index is 951. The van der Waals surface area contributed by atoms with Crippen molar-refractivity contribution in [2.24, 2.45) is 0 Å². The monoisotopic (exact) mass is 386 g/mol. The average molecular weight is 387 g/mol. The van der Waals surface area contributed by atoms with Crippen LogP contribution in [0.15, 0.2) is 60.8 Å². The highest BCUT2D eigenvalue weighted by Crippen LogP contribution is 2.28. The molecule has 138 valence electrons. The van der Waals surface area contributed by atoms with E-state index in [4.69, 9.17) is 21.1 Å². The minimum Gasteiger partial charge on any atom is -0.494 e. The van der Waals surface area contributed by atoms with Crippen LogP contribution in [0.25, 0.3) is 0 Å². The molecule has 0 aliphatic rings. The molecule has 0 fully saturated rings. The van der Waals surface area contributed by atoms with Crippen molar-refractivity contribution >= 4 is 17.5 Å². The highest BCUT2D eigenvalue weighted by Gasteiger charge is 2.19. The molecule has 0 bridgehead atoms. The van der Waals surface area contributed by atoms with Gasteiger partial charge < -0.3 is 14.8 Å². The molecule has 0 aliphatic carbocycles. The summed E-state index contributed by atoms with van der Waals surface area (Å²) in [6.45, 7) is 0.107. The van der Waals surface area contributed by atoms with Crippen LogP contribution in [-0.2, 0) is 6.54 Å². The number of ether oxygens (including phenoxy) is 2. The molecular formula is C20H16ClFN2O3. The second-order valence-corrected chi connectivity index (χ2v) is 5.95. The van der Waals surface area contributed by atoms with Crippen LogP contribution in [0.3, 0.4) is 0 Å². The van der Waals surface area contributed by atoms with Crippen LogP contribution in [0.2, 0.25) is 5.02 Å². The first-order valence-corrected chi connectivity index (χ1v) is 8.44. The standard InChI is InChI=1S/C20H16ClFN2O3/c1-26-17-8-7-13(11-16(17)22)12-24-19(25)18-15(21)9-10-23-20(18)27-14-5-3-2-4-6-14/h2-11H,12H2,1H3,(H,24,25). The predicted molar refractivity (Wildman–Crippen MR) is 99.9 cm³/mol. The Morgan fingerprint density at radius 3 is 2.67 bits per heavy atom. The van der Waals surface area contributed by atoms with E-state index >= 15 is 0 Å². The van der Waals surface area contributed by atoms with Gasteiger partial charge in [-0.3, -0.25) is 4.79 Å². The highest BCUT2D eigenvalue weighted by atomic mass is 35.5. The lowest BCUT2D eigenvalue weighted by molar-refractivity contribution is 0.0948. The van der Waals surface area contributed by atoms with Gasteiger partial charge in [-0.25, -0.2) is 9.37 Å². The maximum atomic E-state index is 13.8. The number of carbonyl (C=O) groups excluding carboxylic acids is 1. The molecule has 3 aromatic rings. The summed E-state index contributed by atoms with van der Waals surface area (Å²) in [5.41, 5.74) is 0.684. The van der Waals surface area contributed by atoms with E-state index < -0.39 is 11.7 Å². The van der Waals surface area contributed by atoms with Crippen LogP contribution in [0, 0.1) is 5.82 Å². The topological polar surface area (TPSA) is 60.5 Å². The van der Waals surface area contributed by atoms with Crippen LogP contribution in [0.5, 0.6) is 17.4 Å². The lowest BCUT2D eigenvalue weighted by atomic mass is 10.2. The summed E-state index contributed by atoms with van der Waals surface area (Å²) < 4.78 is 24.3. The Labute approximate surface area is 160 Å². The number of nitrogens with zero attached hydrogens (tertiary/aromatic N) is 1. The molecule has 7 heteroatoms. The Morgan fingerprint density at radius 1 is 1.19 bits per heavy atom. The van der Waals surface area contributed by atoms with E-state index in [9.17, 15) is 9.18 Å². The van der Waals surface area contributed by atoms with E-state index in [0.29, 0.717) is 11.3 Å². The lowest BCUT2D eigenvalue weighted by Crippen LogP contribution is -2.24. The summed E-state index contributed by atoms with van der Waals surface area (Å²) in [6, 6.07) is 14.9. The summed E-state index contributed by atoms with van der Waals surface area (Å²) in [4.78, 5) is 16.7. The Morgan fingerprint density at radius 2 is 1.96 bits per heavy atom. The third kappa shape index (κ3) is 4.54. The van der Waals surface area contributed by atoms with E-state index in [2.05, 4.69) is 10.3 Å². The number of rotatable bonds is 6. The number of para-hydroxylation sites is 1. The van der Waals surface area contributed by atoms with E-state index in [0.717, 1.165) is 0 Å². The molecule has 27 heavy (non-hydrogen) atoms. The molecule has 0 saturated carbocycles. The zero-order valence-electron chi connectivity index (χ0n) is 14.4. The van der Waals surface area contributed by atoms with Crippen molar-refractivity contribution in [3.05, 3.63) is 82.8 Å². The number of hydrogen-bond acceptors (Lipinski definition) is 4. The number of benzene rings is 2. The number of halogens is 2. The van der Waals surface area contributed by atoms with Crippen LogP contribution in [0.4, 0.5) is 4.39 Å². The van der Waals surface area contributed by atoms with Gasteiger partial charge in [-0.05, 0) is 35.9 Å². The van der Waals surface area contributed by atoms with Gasteiger partial charge >= 0.3 is 0 Å². The third-order valence-electron chi connectivity index (χ3n) is 3.72. The fourth-order valence-corrected chi connectivity index (χ4v) is 2.62. The highest BCUT2D eigenvalue weighted by molar-refractivity contribution is 6.34. The van der Waals surface area contributed by atoms with Gasteiger partial charge in [0.1, 0.15) is 11.3 Å². The maximum absolute atomic E-state index is 13.8. The minimum atomic E-state index is -0.503. The van der Waals surface area contributed by atoms with Crippen LogP contribution in [0.1, 0.15) is 15.9 Å². The van der Waals surface area contributed by atoms with Gasteiger partial charge in [0.15, 0.2) is 11.6 Å². The molecule has 0 spiro atoms. The molecule has 1 heterocycles. The van der Waals surface area contributed by atoms with Crippen molar-refractivity contribution in [3.8, 4) is 17.4 Å². The summed E-state index contributed by atoms with van der Waals surface area (Å²) in [7, 11) is 1.39. The maximum Gasteiger partial charge on any atom is 0.258 e. The molecule has 2 aromatic carbocycles. The smallest absolute Gasteiger partial charge is 0.258 e. The SMILES string of the molecule is COc1ccc(CNC(=O)c2c(Cl)ccnc2Oc2ccccc2)cc1F. The fourth-order valence-electron chi connectivity index (χ4n) is 2.39. The predicted octanol–water partition coefficient (Wildman–Crippen LogP) is 4.61. The van der Waals surface area contributed by atoms with Gasteiger partial charge in [-0.1, -0.05) is 35.9 Å². The Hall–Kier alpha value is -3.12. The largest absolute Gasteiger partial charge is 0.494 e. The molecule has 1 aromatic heterocycles. The van der Waals surface area contributed by atoms with Gasteiger partial charge in [-0.15, -0.1) is 0 Å². The molecule has 3 rings (SSSR count). The average Bonchev–Trinajstić information content (AvgIpc) is 2.67. The summed E-state index contributed by atoms with van der Waals surface area (Å²) in [6.07, 6.45) is 1.45. The second kappa shape index (κ2) is 8.51. The van der Waals surface area contributed by atoms with E-state index in [1.165, 1.54) is 31.5 Å². The first-order valence-electron chi connectivity index (χ1n) is 8.06. The molecule has 1 N–H and O–H groups in total. The number of amides is 1. The molecular weight excluding hydrogens is 371 g/mol. The Balaban J connectivity index is 1.77. The zero-order chi connectivity index (χ0) is 19.2. The number of hydrogen-bond donors (Lipinski definition) is 1. The van der Waals surface area contributed by atoms with Gasteiger partial charge in [0.05, 0.1) is 12.1 Å². The van der Waals surface area contributed by atoms with E-state index in [-0.39, 0.29) is 28.8 Å².